The highest BCUT2D eigenvalue weighted by Crippen LogP contribution is 2.38. The molecule has 2 aromatic carbocycles. The Hall–Kier alpha value is -1.56. The first-order chi connectivity index (χ1) is 17.8. The minimum Gasteiger partial charge on any atom is -0.0582 e. The van der Waals surface area contributed by atoms with E-state index in [1.165, 1.54) is 0 Å². The quantitative estimate of drug-likeness (QED) is 0.339. The van der Waals surface area contributed by atoms with Crippen molar-refractivity contribution in [2.45, 2.75) is 157 Å². The van der Waals surface area contributed by atoms with Crippen LogP contribution in [0.25, 0.3) is 0 Å². The predicted octanol–water partition coefficient (Wildman–Crippen LogP) is 11.2. The maximum atomic E-state index is 8.71. The van der Waals surface area contributed by atoms with Gasteiger partial charge in [-0.3, -0.25) is 0 Å². The topological polar surface area (TPSA) is 0 Å². The Morgan fingerprint density at radius 1 is 0.361 bits per heavy atom. The van der Waals surface area contributed by atoms with Gasteiger partial charge in [0.05, 0.1) is 6.85 Å². The Kier molecular flexibility index (Phi) is 7.09. The molecule has 0 saturated carbocycles. The van der Waals surface area contributed by atoms with Gasteiger partial charge in [-0.1, -0.05) is 161 Å². The van der Waals surface area contributed by atoms with Crippen LogP contribution in [-0.4, -0.2) is 0 Å². The molecule has 0 saturated heterocycles. The lowest BCUT2D eigenvalue weighted by Gasteiger charge is -2.32. The summed E-state index contributed by atoms with van der Waals surface area (Å²) in [4.78, 5) is 0. The van der Waals surface area contributed by atoms with Crippen molar-refractivity contribution < 1.29 is 6.85 Å². The standard InChI is InChI=1S/2C18H30/c2*1-16(2,3)13-10-11-14(17(4,5)6)15(12-13)18(7,8)9/h2*10-12H,1-9H3/i10D,11D,12D;11D,12D. The monoisotopic (exact) mass is 498 g/mol. The Bertz CT molecular complexity index is 1260. The second-order valence-corrected chi connectivity index (χ2v) is 16.6. The zero-order valence-corrected chi connectivity index (χ0v) is 27.1. The first kappa shape index (κ1) is 24.8. The first-order valence-electron chi connectivity index (χ1n) is 16.1. The molecule has 0 aliphatic heterocycles. The van der Waals surface area contributed by atoms with Crippen molar-refractivity contribution in [2.24, 2.45) is 0 Å². The fourth-order valence-corrected chi connectivity index (χ4v) is 3.91. The maximum absolute atomic E-state index is 8.71. The van der Waals surface area contributed by atoms with Gasteiger partial charge in [-0.15, -0.1) is 0 Å². The molecule has 0 aromatic heterocycles. The molecule has 0 aliphatic rings. The highest BCUT2D eigenvalue weighted by atomic mass is 14.3. The van der Waals surface area contributed by atoms with E-state index in [4.69, 9.17) is 6.85 Å². The minimum absolute atomic E-state index is 0.108. The van der Waals surface area contributed by atoms with Crippen LogP contribution in [0.3, 0.4) is 0 Å². The summed E-state index contributed by atoms with van der Waals surface area (Å²) in [5.41, 5.74) is 4.34. The van der Waals surface area contributed by atoms with E-state index in [-0.39, 0.29) is 44.6 Å². The van der Waals surface area contributed by atoms with Gasteiger partial charge < -0.3 is 0 Å². The largest absolute Gasteiger partial charge is 0.0629 e. The lowest BCUT2D eigenvalue weighted by Crippen LogP contribution is -2.23. The van der Waals surface area contributed by atoms with E-state index in [1.54, 1.807) is 0 Å². The van der Waals surface area contributed by atoms with Gasteiger partial charge in [-0.25, -0.2) is 0 Å². The number of hydrogen-bond donors (Lipinski definition) is 0. The van der Waals surface area contributed by atoms with Gasteiger partial charge in [0, 0.05) is 0 Å². The first-order valence-corrected chi connectivity index (χ1v) is 13.6. The molecule has 0 heteroatoms. The molecular formula is C36H60. The second kappa shape index (κ2) is 10.3. The summed E-state index contributed by atoms with van der Waals surface area (Å²) in [5.74, 6) is 0. The molecule has 0 aliphatic carbocycles. The smallest absolute Gasteiger partial charge is 0.0582 e. The summed E-state index contributed by atoms with van der Waals surface area (Å²) in [7, 11) is 0. The SMILES string of the molecule is [2H]c1c([2H])c(C(C)(C)C)c(C(C)(C)C)c([2H])c1C(C)(C)C.[2H]c1cc(C(C)(C)C)c([2H])c(C(C)(C)C)c1C(C)(C)C. The summed E-state index contributed by atoms with van der Waals surface area (Å²) in [6, 6.07) is 4.03. The van der Waals surface area contributed by atoms with Gasteiger partial charge in [-0.05, 0) is 65.9 Å². The molecule has 0 bridgehead atoms. The third-order valence-corrected chi connectivity index (χ3v) is 6.24. The van der Waals surface area contributed by atoms with Crippen LogP contribution in [0, 0.1) is 0 Å². The Morgan fingerprint density at radius 3 is 0.972 bits per heavy atom. The predicted molar refractivity (Wildman–Crippen MR) is 165 cm³/mol. The van der Waals surface area contributed by atoms with Crippen molar-refractivity contribution >= 4 is 0 Å². The summed E-state index contributed by atoms with van der Waals surface area (Å²) < 4.78 is 42.8. The fourth-order valence-electron chi connectivity index (χ4n) is 3.91. The van der Waals surface area contributed by atoms with Gasteiger partial charge >= 0.3 is 0 Å². The van der Waals surface area contributed by atoms with E-state index >= 15 is 0 Å². The number of hydrogen-bond acceptors (Lipinski definition) is 0. The molecule has 0 atom stereocenters. The van der Waals surface area contributed by atoms with Gasteiger partial charge in [0.25, 0.3) is 0 Å². The average Bonchev–Trinajstić information content (AvgIpc) is 2.66. The maximum Gasteiger partial charge on any atom is 0.0629 e. The highest BCUT2D eigenvalue weighted by Gasteiger charge is 2.28. The van der Waals surface area contributed by atoms with E-state index in [1.807, 2.05) is 26.8 Å². The Labute approximate surface area is 233 Å². The molecule has 2 aromatic rings. The van der Waals surface area contributed by atoms with E-state index < -0.39 is 0 Å². The molecule has 36 heavy (non-hydrogen) atoms. The molecule has 0 unspecified atom stereocenters. The van der Waals surface area contributed by atoms with Crippen molar-refractivity contribution in [3.63, 3.8) is 0 Å². The van der Waals surface area contributed by atoms with Crippen LogP contribution in [0.1, 0.15) is 165 Å². The van der Waals surface area contributed by atoms with Gasteiger partial charge in [-0.2, -0.15) is 0 Å². The van der Waals surface area contributed by atoms with Crippen LogP contribution in [-0.2, 0) is 32.5 Å². The summed E-state index contributed by atoms with van der Waals surface area (Å²) >= 11 is 0. The van der Waals surface area contributed by atoms with Crippen molar-refractivity contribution in [2.75, 3.05) is 0 Å². The van der Waals surface area contributed by atoms with Crippen LogP contribution in [0.4, 0.5) is 0 Å². The Balaban J connectivity index is 0.000000410. The van der Waals surface area contributed by atoms with Crippen LogP contribution in [0.2, 0.25) is 0 Å². The second-order valence-electron chi connectivity index (χ2n) is 16.6. The van der Waals surface area contributed by atoms with E-state index in [9.17, 15) is 0 Å². The third kappa shape index (κ3) is 8.78. The third-order valence-electron chi connectivity index (χ3n) is 6.24. The molecule has 2 rings (SSSR count). The highest BCUT2D eigenvalue weighted by molar-refractivity contribution is 5.43. The van der Waals surface area contributed by atoms with Gasteiger partial charge in [0.15, 0.2) is 0 Å². The van der Waals surface area contributed by atoms with Crippen molar-refractivity contribution in [3.8, 4) is 0 Å². The zero-order valence-electron chi connectivity index (χ0n) is 32.1. The van der Waals surface area contributed by atoms with E-state index in [0.717, 1.165) is 27.8 Å². The van der Waals surface area contributed by atoms with Crippen molar-refractivity contribution in [3.05, 3.63) is 69.7 Å². The zero-order chi connectivity index (χ0) is 33.1. The minimum atomic E-state index is -0.305. The summed E-state index contributed by atoms with van der Waals surface area (Å²) in [6.07, 6.45) is 0. The molecule has 0 N–H and O–H groups in total. The van der Waals surface area contributed by atoms with Gasteiger partial charge in [0.2, 0.25) is 0 Å². The number of rotatable bonds is 0. The summed E-state index contributed by atoms with van der Waals surface area (Å²) in [5, 5.41) is 0. The van der Waals surface area contributed by atoms with Crippen LogP contribution in [0.5, 0.6) is 0 Å². The molecule has 0 heterocycles. The molecule has 0 nitrogen and oxygen atoms in total. The van der Waals surface area contributed by atoms with E-state index in [0.29, 0.717) is 23.7 Å². The van der Waals surface area contributed by atoms with Gasteiger partial charge in [0.1, 0.15) is 0 Å². The fraction of sp³-hybridized carbons (Fsp3) is 0.667. The number of benzene rings is 2. The van der Waals surface area contributed by atoms with Crippen LogP contribution < -0.4 is 0 Å². The normalized spacial score (nSPS) is 15.8. The molecule has 204 valence electrons. The van der Waals surface area contributed by atoms with Crippen molar-refractivity contribution in [1.29, 1.82) is 0 Å². The van der Waals surface area contributed by atoms with Crippen LogP contribution >= 0.6 is 0 Å². The summed E-state index contributed by atoms with van der Waals surface area (Å²) in [6.45, 7) is 37.6. The van der Waals surface area contributed by atoms with Crippen molar-refractivity contribution in [1.82, 2.24) is 0 Å². The lowest BCUT2D eigenvalue weighted by molar-refractivity contribution is 0.523. The molecular weight excluding hydrogens is 432 g/mol. The van der Waals surface area contributed by atoms with Crippen LogP contribution in [0.15, 0.2) is 36.3 Å². The van der Waals surface area contributed by atoms with E-state index in [2.05, 4.69) is 104 Å². The molecule has 0 amide bonds. The Morgan fingerprint density at radius 2 is 0.667 bits per heavy atom. The molecule has 0 radical (unpaired) electrons. The lowest BCUT2D eigenvalue weighted by atomic mass is 9.73. The average molecular weight is 498 g/mol. The molecule has 0 spiro atoms. The molecule has 0 fully saturated rings.